The number of likely N-dealkylation sites (tertiary alicyclic amines) is 1. The molecule has 3 unspecified atom stereocenters. The fourth-order valence-corrected chi connectivity index (χ4v) is 3.21. The molecule has 3 heteroatoms. The van der Waals surface area contributed by atoms with Gasteiger partial charge in [-0.1, -0.05) is 13.3 Å². The van der Waals surface area contributed by atoms with Crippen LogP contribution < -0.4 is 5.32 Å². The SMILES string of the molecule is CCCC(CNC1CC1)N1CCC(OC)CC1C. The van der Waals surface area contributed by atoms with E-state index in [9.17, 15) is 0 Å². The summed E-state index contributed by atoms with van der Waals surface area (Å²) in [5, 5.41) is 3.71. The van der Waals surface area contributed by atoms with E-state index in [-0.39, 0.29) is 0 Å². The lowest BCUT2D eigenvalue weighted by atomic mass is 9.97. The molecule has 2 aliphatic rings. The van der Waals surface area contributed by atoms with Gasteiger partial charge in [-0.25, -0.2) is 0 Å². The number of methoxy groups -OCH3 is 1. The highest BCUT2D eigenvalue weighted by Gasteiger charge is 2.31. The molecule has 1 saturated heterocycles. The molecule has 3 atom stereocenters. The van der Waals surface area contributed by atoms with Crippen molar-refractivity contribution in [2.24, 2.45) is 0 Å². The Morgan fingerprint density at radius 1 is 1.33 bits per heavy atom. The van der Waals surface area contributed by atoms with Crippen molar-refractivity contribution < 1.29 is 4.74 Å². The van der Waals surface area contributed by atoms with Crippen LogP contribution in [-0.2, 0) is 4.74 Å². The number of nitrogens with zero attached hydrogens (tertiary/aromatic N) is 1. The van der Waals surface area contributed by atoms with Crippen molar-refractivity contribution in [1.29, 1.82) is 0 Å². The van der Waals surface area contributed by atoms with E-state index < -0.39 is 0 Å². The zero-order valence-electron chi connectivity index (χ0n) is 12.3. The third-order valence-electron chi connectivity index (χ3n) is 4.52. The Bertz CT molecular complexity index is 243. The summed E-state index contributed by atoms with van der Waals surface area (Å²) in [6.45, 7) is 7.05. The normalized spacial score (nSPS) is 31.5. The Labute approximate surface area is 112 Å². The second-order valence-electron chi connectivity index (χ2n) is 6.09. The Hall–Kier alpha value is -0.120. The highest BCUT2D eigenvalue weighted by Crippen LogP contribution is 2.24. The fraction of sp³-hybridized carbons (Fsp3) is 1.00. The third kappa shape index (κ3) is 3.94. The molecule has 2 fully saturated rings. The summed E-state index contributed by atoms with van der Waals surface area (Å²) in [5.41, 5.74) is 0. The molecule has 18 heavy (non-hydrogen) atoms. The molecule has 0 amide bonds. The van der Waals surface area contributed by atoms with Gasteiger partial charge in [-0.15, -0.1) is 0 Å². The molecule has 1 heterocycles. The molecule has 0 bridgehead atoms. The molecule has 2 rings (SSSR count). The summed E-state index contributed by atoms with van der Waals surface area (Å²) < 4.78 is 5.52. The van der Waals surface area contributed by atoms with Gasteiger partial charge in [0.05, 0.1) is 6.10 Å². The van der Waals surface area contributed by atoms with Gasteiger partial charge in [0, 0.05) is 38.3 Å². The molecule has 0 aromatic heterocycles. The molecule has 3 nitrogen and oxygen atoms in total. The van der Waals surface area contributed by atoms with E-state index in [0.717, 1.165) is 12.1 Å². The second kappa shape index (κ2) is 6.88. The summed E-state index contributed by atoms with van der Waals surface area (Å²) in [6, 6.07) is 2.22. The van der Waals surface area contributed by atoms with Crippen LogP contribution in [0.1, 0.15) is 52.4 Å². The van der Waals surface area contributed by atoms with Gasteiger partial charge in [-0.2, -0.15) is 0 Å². The van der Waals surface area contributed by atoms with Gasteiger partial charge >= 0.3 is 0 Å². The lowest BCUT2D eigenvalue weighted by molar-refractivity contribution is -0.00286. The zero-order chi connectivity index (χ0) is 13.0. The van der Waals surface area contributed by atoms with E-state index in [4.69, 9.17) is 4.74 Å². The van der Waals surface area contributed by atoms with Gasteiger partial charge in [0.25, 0.3) is 0 Å². The molecular formula is C15H30N2O. The van der Waals surface area contributed by atoms with Crippen LogP contribution >= 0.6 is 0 Å². The predicted octanol–water partition coefficient (Wildman–Crippen LogP) is 2.41. The van der Waals surface area contributed by atoms with Crippen LogP contribution in [0.4, 0.5) is 0 Å². The van der Waals surface area contributed by atoms with E-state index in [1.807, 2.05) is 7.11 Å². The van der Waals surface area contributed by atoms with E-state index in [1.54, 1.807) is 0 Å². The smallest absolute Gasteiger partial charge is 0.0598 e. The van der Waals surface area contributed by atoms with Gasteiger partial charge in [-0.3, -0.25) is 4.90 Å². The van der Waals surface area contributed by atoms with Crippen LogP contribution in [0, 0.1) is 0 Å². The maximum Gasteiger partial charge on any atom is 0.0598 e. The molecule has 0 aromatic rings. The molecule has 106 valence electrons. The number of piperidine rings is 1. The van der Waals surface area contributed by atoms with E-state index in [1.165, 1.54) is 51.6 Å². The molecule has 1 aliphatic heterocycles. The summed E-state index contributed by atoms with van der Waals surface area (Å²) in [4.78, 5) is 2.72. The van der Waals surface area contributed by atoms with Crippen molar-refractivity contribution in [3.05, 3.63) is 0 Å². The van der Waals surface area contributed by atoms with Gasteiger partial charge < -0.3 is 10.1 Å². The minimum Gasteiger partial charge on any atom is -0.381 e. The Balaban J connectivity index is 1.83. The van der Waals surface area contributed by atoms with Crippen LogP contribution in [0.3, 0.4) is 0 Å². The summed E-state index contributed by atoms with van der Waals surface area (Å²) in [6.07, 6.45) is 8.26. The average molecular weight is 254 g/mol. The first kappa shape index (κ1) is 14.3. The highest BCUT2D eigenvalue weighted by molar-refractivity contribution is 4.88. The van der Waals surface area contributed by atoms with Crippen molar-refractivity contribution in [3.8, 4) is 0 Å². The number of ether oxygens (including phenoxy) is 1. The van der Waals surface area contributed by atoms with Crippen molar-refractivity contribution >= 4 is 0 Å². The number of rotatable bonds is 7. The van der Waals surface area contributed by atoms with Crippen LogP contribution in [0.5, 0.6) is 0 Å². The van der Waals surface area contributed by atoms with Gasteiger partial charge in [0.1, 0.15) is 0 Å². The quantitative estimate of drug-likeness (QED) is 0.755. The Kier molecular flexibility index (Phi) is 5.46. The van der Waals surface area contributed by atoms with E-state index in [0.29, 0.717) is 12.1 Å². The summed E-state index contributed by atoms with van der Waals surface area (Å²) >= 11 is 0. The standard InChI is InChI=1S/C15H30N2O/c1-4-5-14(11-16-13-6-7-13)17-9-8-15(18-3)10-12(17)2/h12-16H,4-11H2,1-3H3. The van der Waals surface area contributed by atoms with Crippen molar-refractivity contribution in [2.75, 3.05) is 20.2 Å². The first-order valence-corrected chi connectivity index (χ1v) is 7.76. The molecule has 1 saturated carbocycles. The minimum atomic E-state index is 0.481. The van der Waals surface area contributed by atoms with Gasteiger partial charge in [0.2, 0.25) is 0 Å². The predicted molar refractivity (Wildman–Crippen MR) is 75.9 cm³/mol. The first-order valence-electron chi connectivity index (χ1n) is 7.76. The largest absolute Gasteiger partial charge is 0.381 e. The molecular weight excluding hydrogens is 224 g/mol. The topological polar surface area (TPSA) is 24.5 Å². The summed E-state index contributed by atoms with van der Waals surface area (Å²) in [7, 11) is 1.85. The molecule has 1 N–H and O–H groups in total. The maximum atomic E-state index is 5.52. The van der Waals surface area contributed by atoms with Gasteiger partial charge in [0.15, 0.2) is 0 Å². The number of hydrogen-bond donors (Lipinski definition) is 1. The average Bonchev–Trinajstić information content (AvgIpc) is 3.18. The Morgan fingerprint density at radius 2 is 2.11 bits per heavy atom. The van der Waals surface area contributed by atoms with Crippen molar-refractivity contribution in [3.63, 3.8) is 0 Å². The lowest BCUT2D eigenvalue weighted by Crippen LogP contribution is -2.52. The lowest BCUT2D eigenvalue weighted by Gasteiger charge is -2.42. The minimum absolute atomic E-state index is 0.481. The van der Waals surface area contributed by atoms with Crippen molar-refractivity contribution in [1.82, 2.24) is 10.2 Å². The monoisotopic (exact) mass is 254 g/mol. The van der Waals surface area contributed by atoms with E-state index >= 15 is 0 Å². The first-order chi connectivity index (χ1) is 8.74. The molecule has 0 aromatic carbocycles. The number of nitrogens with one attached hydrogen (secondary N) is 1. The zero-order valence-corrected chi connectivity index (χ0v) is 12.3. The second-order valence-corrected chi connectivity index (χ2v) is 6.09. The van der Waals surface area contributed by atoms with Crippen molar-refractivity contribution in [2.45, 2.75) is 76.6 Å². The van der Waals surface area contributed by atoms with Crippen LogP contribution in [-0.4, -0.2) is 49.3 Å². The Morgan fingerprint density at radius 3 is 2.67 bits per heavy atom. The van der Waals surface area contributed by atoms with Gasteiger partial charge in [-0.05, 0) is 39.0 Å². The van der Waals surface area contributed by atoms with Crippen LogP contribution in [0.25, 0.3) is 0 Å². The highest BCUT2D eigenvalue weighted by atomic mass is 16.5. The van der Waals surface area contributed by atoms with Crippen LogP contribution in [0.2, 0.25) is 0 Å². The summed E-state index contributed by atoms with van der Waals surface area (Å²) in [5.74, 6) is 0. The molecule has 0 radical (unpaired) electrons. The maximum absolute atomic E-state index is 5.52. The molecule has 0 spiro atoms. The fourth-order valence-electron chi connectivity index (χ4n) is 3.21. The van der Waals surface area contributed by atoms with E-state index in [2.05, 4.69) is 24.1 Å². The third-order valence-corrected chi connectivity index (χ3v) is 4.52. The van der Waals surface area contributed by atoms with Crippen LogP contribution in [0.15, 0.2) is 0 Å². The number of hydrogen-bond acceptors (Lipinski definition) is 3. The molecule has 1 aliphatic carbocycles.